The van der Waals surface area contributed by atoms with Crippen molar-refractivity contribution in [1.82, 2.24) is 0 Å². The van der Waals surface area contributed by atoms with Crippen LogP contribution in [0.15, 0.2) is 48.5 Å². The van der Waals surface area contributed by atoms with Crippen molar-refractivity contribution < 1.29 is 9.90 Å². The van der Waals surface area contributed by atoms with Crippen LogP contribution in [-0.4, -0.2) is 11.1 Å². The third-order valence-electron chi connectivity index (χ3n) is 4.23. The number of carboxylic acid groups (broad SMARTS) is 1. The fourth-order valence-electron chi connectivity index (χ4n) is 3.46. The van der Waals surface area contributed by atoms with Crippen molar-refractivity contribution in [3.05, 3.63) is 59.7 Å². The lowest BCUT2D eigenvalue weighted by Crippen LogP contribution is -1.99. The van der Waals surface area contributed by atoms with E-state index in [-0.39, 0.29) is 17.8 Å². The summed E-state index contributed by atoms with van der Waals surface area (Å²) in [5, 5.41) is 9.34. The number of rotatable bonds is 1. The van der Waals surface area contributed by atoms with E-state index in [0.717, 1.165) is 0 Å². The molecule has 2 aliphatic rings. The van der Waals surface area contributed by atoms with Gasteiger partial charge in [0.25, 0.3) is 0 Å². The molecule has 0 spiro atoms. The molecule has 0 saturated heterocycles. The van der Waals surface area contributed by atoms with Gasteiger partial charge >= 0.3 is 5.97 Å². The van der Waals surface area contributed by atoms with E-state index < -0.39 is 5.97 Å². The normalized spacial score (nSPS) is 26.8. The monoisotopic (exact) mass is 236 g/mol. The van der Waals surface area contributed by atoms with E-state index in [1.54, 1.807) is 0 Å². The highest BCUT2D eigenvalue weighted by atomic mass is 16.4. The summed E-state index contributed by atoms with van der Waals surface area (Å²) in [4.78, 5) is 11.3. The molecule has 1 fully saturated rings. The molecule has 2 atom stereocenters. The van der Waals surface area contributed by atoms with E-state index >= 15 is 0 Å². The topological polar surface area (TPSA) is 37.3 Å². The molecule has 2 heteroatoms. The molecule has 18 heavy (non-hydrogen) atoms. The van der Waals surface area contributed by atoms with Crippen molar-refractivity contribution in [2.75, 3.05) is 0 Å². The second-order valence-electron chi connectivity index (χ2n) is 5.09. The maximum atomic E-state index is 11.3. The summed E-state index contributed by atoms with van der Waals surface area (Å²) in [6.45, 7) is 0. The van der Waals surface area contributed by atoms with Crippen LogP contribution in [0.25, 0.3) is 11.1 Å². The van der Waals surface area contributed by atoms with Gasteiger partial charge in [-0.3, -0.25) is 4.79 Å². The fraction of sp³-hybridized carbons (Fsp3) is 0.188. The number of carbonyl (C=O) groups is 1. The summed E-state index contributed by atoms with van der Waals surface area (Å²) in [6.07, 6.45) is 0. The highest BCUT2D eigenvalue weighted by Gasteiger charge is 2.59. The Morgan fingerprint density at radius 2 is 1.28 bits per heavy atom. The van der Waals surface area contributed by atoms with Crippen LogP contribution in [0.2, 0.25) is 0 Å². The number of carboxylic acids is 1. The molecular weight excluding hydrogens is 224 g/mol. The fourth-order valence-corrected chi connectivity index (χ4v) is 3.46. The molecule has 0 amide bonds. The van der Waals surface area contributed by atoms with Crippen LogP contribution in [-0.2, 0) is 4.79 Å². The number of benzene rings is 2. The van der Waals surface area contributed by atoms with Crippen molar-refractivity contribution >= 4 is 5.97 Å². The van der Waals surface area contributed by atoms with Gasteiger partial charge in [0.15, 0.2) is 0 Å². The minimum absolute atomic E-state index is 0.175. The molecule has 4 rings (SSSR count). The first-order chi connectivity index (χ1) is 8.79. The zero-order chi connectivity index (χ0) is 12.3. The molecule has 0 unspecified atom stereocenters. The van der Waals surface area contributed by atoms with Gasteiger partial charge < -0.3 is 5.11 Å². The molecule has 0 radical (unpaired) electrons. The molecule has 88 valence electrons. The maximum absolute atomic E-state index is 11.3. The lowest BCUT2D eigenvalue weighted by Gasteiger charge is -2.18. The van der Waals surface area contributed by atoms with Gasteiger partial charge in [-0.1, -0.05) is 48.5 Å². The summed E-state index contributed by atoms with van der Waals surface area (Å²) in [5.41, 5.74) is 4.82. The Bertz CT molecular complexity index is 608. The van der Waals surface area contributed by atoms with Gasteiger partial charge in [-0.2, -0.15) is 0 Å². The lowest BCUT2D eigenvalue weighted by atomic mass is 9.86. The first-order valence-corrected chi connectivity index (χ1v) is 6.20. The van der Waals surface area contributed by atoms with Gasteiger partial charge in [-0.25, -0.2) is 0 Å². The second kappa shape index (κ2) is 3.22. The molecule has 0 aliphatic heterocycles. The molecule has 2 nitrogen and oxygen atoms in total. The minimum atomic E-state index is -0.670. The van der Waals surface area contributed by atoms with E-state index in [9.17, 15) is 9.90 Å². The predicted octanol–water partition coefficient (Wildman–Crippen LogP) is 3.25. The standard InChI is InChI=1S/C16H12O2/c17-16(18)15-13-11-7-3-1-5-9(11)10-6-2-4-8-12(10)14(13)15/h1-8,13-15H,(H,17,18)/t13-,14-/m0/s1. The summed E-state index contributed by atoms with van der Waals surface area (Å²) in [5.74, 6) is -0.562. The average Bonchev–Trinajstić information content (AvgIpc) is 3.15. The lowest BCUT2D eigenvalue weighted by molar-refractivity contribution is -0.138. The molecule has 1 N–H and O–H groups in total. The Balaban J connectivity index is 2.00. The number of fused-ring (bicyclic) bond motifs is 6. The highest BCUT2D eigenvalue weighted by Crippen LogP contribution is 2.66. The molecule has 2 aromatic carbocycles. The van der Waals surface area contributed by atoms with E-state index in [1.807, 2.05) is 24.3 Å². The van der Waals surface area contributed by atoms with Crippen LogP contribution in [0.1, 0.15) is 23.0 Å². The molecule has 2 aliphatic carbocycles. The predicted molar refractivity (Wildman–Crippen MR) is 68.5 cm³/mol. The summed E-state index contributed by atoms with van der Waals surface area (Å²) in [7, 11) is 0. The molecule has 0 aromatic heterocycles. The van der Waals surface area contributed by atoms with E-state index in [0.29, 0.717) is 0 Å². The number of hydrogen-bond donors (Lipinski definition) is 1. The van der Waals surface area contributed by atoms with E-state index in [1.165, 1.54) is 22.3 Å². The van der Waals surface area contributed by atoms with Crippen LogP contribution in [0.5, 0.6) is 0 Å². The van der Waals surface area contributed by atoms with Crippen molar-refractivity contribution in [3.63, 3.8) is 0 Å². The quantitative estimate of drug-likeness (QED) is 0.825. The van der Waals surface area contributed by atoms with Crippen molar-refractivity contribution in [3.8, 4) is 11.1 Å². The first-order valence-electron chi connectivity index (χ1n) is 6.20. The largest absolute Gasteiger partial charge is 0.481 e. The van der Waals surface area contributed by atoms with Crippen LogP contribution in [0, 0.1) is 5.92 Å². The zero-order valence-corrected chi connectivity index (χ0v) is 9.71. The molecular formula is C16H12O2. The van der Waals surface area contributed by atoms with Gasteiger partial charge in [0.1, 0.15) is 0 Å². The Morgan fingerprint density at radius 3 is 1.72 bits per heavy atom. The smallest absolute Gasteiger partial charge is 0.307 e. The average molecular weight is 236 g/mol. The Hall–Kier alpha value is -2.09. The molecule has 0 bridgehead atoms. The SMILES string of the molecule is O=C(O)C1[C@H]2c3ccccc3-c3ccccc3[C@H]12. The third-order valence-corrected chi connectivity index (χ3v) is 4.23. The van der Waals surface area contributed by atoms with Crippen LogP contribution >= 0.6 is 0 Å². The van der Waals surface area contributed by atoms with Gasteiger partial charge in [-0.05, 0) is 22.3 Å². The molecule has 1 saturated carbocycles. The van der Waals surface area contributed by atoms with Gasteiger partial charge in [0.2, 0.25) is 0 Å². The van der Waals surface area contributed by atoms with Crippen LogP contribution in [0.3, 0.4) is 0 Å². The molecule has 2 aromatic rings. The summed E-state index contributed by atoms with van der Waals surface area (Å²) >= 11 is 0. The summed E-state index contributed by atoms with van der Waals surface area (Å²) in [6, 6.07) is 16.4. The van der Waals surface area contributed by atoms with E-state index in [2.05, 4.69) is 24.3 Å². The Morgan fingerprint density at radius 1 is 0.833 bits per heavy atom. The van der Waals surface area contributed by atoms with Crippen LogP contribution in [0.4, 0.5) is 0 Å². The van der Waals surface area contributed by atoms with Gasteiger partial charge in [0.05, 0.1) is 5.92 Å². The molecule has 0 heterocycles. The Kier molecular flexibility index (Phi) is 1.77. The number of aliphatic carboxylic acids is 1. The Labute approximate surface area is 105 Å². The van der Waals surface area contributed by atoms with E-state index in [4.69, 9.17) is 0 Å². The first kappa shape index (κ1) is 9.89. The van der Waals surface area contributed by atoms with Crippen molar-refractivity contribution in [1.29, 1.82) is 0 Å². The maximum Gasteiger partial charge on any atom is 0.307 e. The highest BCUT2D eigenvalue weighted by molar-refractivity contribution is 5.86. The van der Waals surface area contributed by atoms with Crippen molar-refractivity contribution in [2.24, 2.45) is 5.92 Å². The second-order valence-corrected chi connectivity index (χ2v) is 5.09. The minimum Gasteiger partial charge on any atom is -0.481 e. The van der Waals surface area contributed by atoms with Crippen molar-refractivity contribution in [2.45, 2.75) is 11.8 Å². The van der Waals surface area contributed by atoms with Gasteiger partial charge in [-0.15, -0.1) is 0 Å². The van der Waals surface area contributed by atoms with Gasteiger partial charge in [0, 0.05) is 11.8 Å². The number of hydrogen-bond acceptors (Lipinski definition) is 1. The summed E-state index contributed by atoms with van der Waals surface area (Å²) < 4.78 is 0. The third kappa shape index (κ3) is 1.10. The zero-order valence-electron chi connectivity index (χ0n) is 9.71. The van der Waals surface area contributed by atoms with Crippen LogP contribution < -0.4 is 0 Å².